The van der Waals surface area contributed by atoms with Gasteiger partial charge in [-0.15, -0.1) is 11.3 Å². The van der Waals surface area contributed by atoms with Crippen LogP contribution in [-0.2, 0) is 12.8 Å². The first-order valence-corrected chi connectivity index (χ1v) is 14.5. The summed E-state index contributed by atoms with van der Waals surface area (Å²) in [6, 6.07) is 13.9. The van der Waals surface area contributed by atoms with E-state index >= 15 is 0 Å². The van der Waals surface area contributed by atoms with E-state index < -0.39 is 0 Å². The van der Waals surface area contributed by atoms with Crippen molar-refractivity contribution in [3.63, 3.8) is 0 Å². The van der Waals surface area contributed by atoms with Crippen LogP contribution in [0.3, 0.4) is 0 Å². The average Bonchev–Trinajstić information content (AvgIpc) is 3.52. The molecule has 2 heterocycles. The molecule has 1 aliphatic carbocycles. The van der Waals surface area contributed by atoms with Crippen LogP contribution in [0.25, 0.3) is 0 Å². The second kappa shape index (κ2) is 10.6. The molecule has 5 rings (SSSR count). The van der Waals surface area contributed by atoms with Gasteiger partial charge in [0.2, 0.25) is 0 Å². The van der Waals surface area contributed by atoms with E-state index in [0.717, 1.165) is 54.2 Å². The molecule has 0 saturated carbocycles. The van der Waals surface area contributed by atoms with Crippen LogP contribution in [0.5, 0.6) is 0 Å². The van der Waals surface area contributed by atoms with E-state index in [-0.39, 0.29) is 11.3 Å². The van der Waals surface area contributed by atoms with Crippen molar-refractivity contribution >= 4 is 51.4 Å². The van der Waals surface area contributed by atoms with Gasteiger partial charge in [0.05, 0.1) is 5.56 Å². The Bertz CT molecular complexity index is 1310. The minimum atomic E-state index is -0.0951. The molecular formula is C31H36ClN3OS. The number of hydrogen-bond donors (Lipinski definition) is 1. The molecule has 3 aromatic rings. The van der Waals surface area contributed by atoms with Gasteiger partial charge in [-0.1, -0.05) is 38.4 Å². The number of fused-ring (bicyclic) bond motifs is 1. The van der Waals surface area contributed by atoms with Crippen LogP contribution in [0.15, 0.2) is 47.5 Å². The molecule has 2 aliphatic rings. The second-order valence-electron chi connectivity index (χ2n) is 11.4. The van der Waals surface area contributed by atoms with Gasteiger partial charge in [-0.05, 0) is 103 Å². The van der Waals surface area contributed by atoms with Gasteiger partial charge in [0, 0.05) is 40.6 Å². The van der Waals surface area contributed by atoms with E-state index in [2.05, 4.69) is 56.1 Å². The molecule has 0 spiro atoms. The van der Waals surface area contributed by atoms with Crippen molar-refractivity contribution in [2.75, 3.05) is 23.3 Å². The third kappa shape index (κ3) is 5.78. The number of nitrogens with one attached hydrogen (secondary N) is 1. The molecule has 6 heteroatoms. The Kier molecular flexibility index (Phi) is 7.46. The number of halogens is 1. The minimum Gasteiger partial charge on any atom is -0.372 e. The highest BCUT2D eigenvalue weighted by atomic mass is 35.5. The lowest BCUT2D eigenvalue weighted by atomic mass is 9.72. The molecule has 1 fully saturated rings. The molecule has 2 aromatic carbocycles. The zero-order valence-corrected chi connectivity index (χ0v) is 23.8. The Labute approximate surface area is 229 Å². The molecule has 194 valence electrons. The number of hydrogen-bond acceptors (Lipinski definition) is 4. The lowest BCUT2D eigenvalue weighted by Gasteiger charge is -2.33. The topological polar surface area (TPSA) is 44.7 Å². The van der Waals surface area contributed by atoms with Crippen molar-refractivity contribution in [3.05, 3.63) is 74.6 Å². The third-order valence-electron chi connectivity index (χ3n) is 7.85. The maximum absolute atomic E-state index is 13.6. The van der Waals surface area contributed by atoms with Crippen LogP contribution >= 0.6 is 22.9 Å². The number of benzene rings is 2. The van der Waals surface area contributed by atoms with Crippen LogP contribution in [0.4, 0.5) is 16.4 Å². The van der Waals surface area contributed by atoms with Gasteiger partial charge < -0.3 is 10.2 Å². The van der Waals surface area contributed by atoms with E-state index in [1.807, 2.05) is 18.3 Å². The average molecular weight is 534 g/mol. The number of rotatable bonds is 5. The molecule has 0 unspecified atom stereocenters. The maximum atomic E-state index is 13.6. The summed E-state index contributed by atoms with van der Waals surface area (Å²) in [5.74, 6) is 0.505. The molecule has 37 heavy (non-hydrogen) atoms. The molecule has 1 atom stereocenters. The van der Waals surface area contributed by atoms with Crippen molar-refractivity contribution in [3.8, 4) is 0 Å². The Balaban J connectivity index is 1.46. The normalized spacial score (nSPS) is 17.9. The molecule has 1 N–H and O–H groups in total. The Morgan fingerprint density at radius 1 is 1.14 bits per heavy atom. The predicted molar refractivity (Wildman–Crippen MR) is 159 cm³/mol. The summed E-state index contributed by atoms with van der Waals surface area (Å²) in [7, 11) is 0. The van der Waals surface area contributed by atoms with Crippen LogP contribution in [-0.4, -0.2) is 25.2 Å². The molecule has 1 aromatic heterocycles. The summed E-state index contributed by atoms with van der Waals surface area (Å²) >= 11 is 7.73. The summed E-state index contributed by atoms with van der Waals surface area (Å²) in [4.78, 5) is 22.3. The number of nitrogens with zero attached hydrogens (tertiary/aromatic N) is 2. The highest BCUT2D eigenvalue weighted by molar-refractivity contribution is 7.16. The molecule has 1 aliphatic heterocycles. The number of thiophene rings is 1. The van der Waals surface area contributed by atoms with E-state index in [4.69, 9.17) is 16.6 Å². The zero-order valence-electron chi connectivity index (χ0n) is 22.2. The molecule has 1 saturated heterocycles. The summed E-state index contributed by atoms with van der Waals surface area (Å²) in [5.41, 5.74) is 6.46. The number of carbonyl (C=O) groups excluding carboxylic acids is 1. The largest absolute Gasteiger partial charge is 0.372 e. The first-order valence-electron chi connectivity index (χ1n) is 13.3. The van der Waals surface area contributed by atoms with Crippen molar-refractivity contribution in [2.45, 2.75) is 59.8 Å². The Morgan fingerprint density at radius 2 is 1.86 bits per heavy atom. The van der Waals surface area contributed by atoms with E-state index in [0.29, 0.717) is 10.9 Å². The van der Waals surface area contributed by atoms with Gasteiger partial charge in [-0.3, -0.25) is 4.79 Å². The maximum Gasteiger partial charge on any atom is 0.259 e. The first kappa shape index (κ1) is 26.0. The van der Waals surface area contributed by atoms with Crippen LogP contribution in [0.2, 0.25) is 5.02 Å². The molecule has 1 amide bonds. The highest BCUT2D eigenvalue weighted by Gasteiger charge is 2.33. The van der Waals surface area contributed by atoms with Gasteiger partial charge in [-0.25, -0.2) is 4.99 Å². The van der Waals surface area contributed by atoms with Crippen molar-refractivity contribution in [1.29, 1.82) is 0 Å². The van der Waals surface area contributed by atoms with E-state index in [1.54, 1.807) is 23.5 Å². The number of anilines is 2. The van der Waals surface area contributed by atoms with Crippen LogP contribution in [0, 0.1) is 18.3 Å². The third-order valence-corrected chi connectivity index (χ3v) is 9.26. The van der Waals surface area contributed by atoms with Gasteiger partial charge in [0.25, 0.3) is 5.91 Å². The summed E-state index contributed by atoms with van der Waals surface area (Å²) in [6.07, 6.45) is 7.47. The zero-order chi connectivity index (χ0) is 26.2. The van der Waals surface area contributed by atoms with E-state index in [1.165, 1.54) is 34.5 Å². The standard InChI is InChI=1S/C31H36ClN3OS/c1-20-17-25(35-15-5-6-16-35)13-7-21(20)19-33-30-28(29(36)34-24-11-9-23(32)10-12-24)26-14-8-22(31(2,3)4)18-27(26)37-30/h7,9-13,17,19,22H,5-6,8,14-16,18H2,1-4H3,(H,34,36)/t22-/m1/s1. The lowest BCUT2D eigenvalue weighted by molar-refractivity contribution is 0.102. The van der Waals surface area contributed by atoms with Gasteiger partial charge in [-0.2, -0.15) is 0 Å². The second-order valence-corrected chi connectivity index (χ2v) is 13.0. The SMILES string of the molecule is Cc1cc(N2CCCC2)ccc1C=Nc1sc2c(c1C(=O)Nc1ccc(Cl)cc1)CC[C@@H](C(C)(C)C)C2. The van der Waals surface area contributed by atoms with Gasteiger partial charge in [0.1, 0.15) is 5.00 Å². The summed E-state index contributed by atoms with van der Waals surface area (Å²) < 4.78 is 0. The van der Waals surface area contributed by atoms with Crippen LogP contribution < -0.4 is 10.2 Å². The lowest BCUT2D eigenvalue weighted by Crippen LogP contribution is -2.27. The van der Waals surface area contributed by atoms with Crippen LogP contribution in [0.1, 0.15) is 72.0 Å². The van der Waals surface area contributed by atoms with Crippen molar-refractivity contribution < 1.29 is 4.79 Å². The fourth-order valence-electron chi connectivity index (χ4n) is 5.47. The molecule has 4 nitrogen and oxygen atoms in total. The summed E-state index contributed by atoms with van der Waals surface area (Å²) in [5, 5.41) is 4.53. The van der Waals surface area contributed by atoms with Gasteiger partial charge in [0.15, 0.2) is 0 Å². The fourth-order valence-corrected chi connectivity index (χ4v) is 6.86. The Hall–Kier alpha value is -2.63. The van der Waals surface area contributed by atoms with E-state index in [9.17, 15) is 4.79 Å². The number of carbonyl (C=O) groups is 1. The highest BCUT2D eigenvalue weighted by Crippen LogP contribution is 2.45. The first-order chi connectivity index (χ1) is 17.7. The number of aliphatic imine (C=N–C) groups is 1. The van der Waals surface area contributed by atoms with Crippen molar-refractivity contribution in [1.82, 2.24) is 0 Å². The predicted octanol–water partition coefficient (Wildman–Crippen LogP) is 8.46. The molecule has 0 bridgehead atoms. The van der Waals surface area contributed by atoms with Crippen molar-refractivity contribution in [2.24, 2.45) is 16.3 Å². The Morgan fingerprint density at radius 3 is 2.54 bits per heavy atom. The molecule has 0 radical (unpaired) electrons. The monoisotopic (exact) mass is 533 g/mol. The van der Waals surface area contributed by atoms with Gasteiger partial charge >= 0.3 is 0 Å². The quantitative estimate of drug-likeness (QED) is 0.334. The fraction of sp³-hybridized carbons (Fsp3) is 0.419. The summed E-state index contributed by atoms with van der Waals surface area (Å²) in [6.45, 7) is 11.4. The number of aryl methyl sites for hydroxylation is 1. The molecular weight excluding hydrogens is 498 g/mol. The smallest absolute Gasteiger partial charge is 0.259 e. The number of amides is 1. The minimum absolute atomic E-state index is 0.0951.